The summed E-state index contributed by atoms with van der Waals surface area (Å²) in [6, 6.07) is 5.10. The van der Waals surface area contributed by atoms with Gasteiger partial charge in [-0.2, -0.15) is 0 Å². The number of nitro groups is 1. The topological polar surface area (TPSA) is 99.9 Å². The van der Waals surface area contributed by atoms with Crippen molar-refractivity contribution < 1.29 is 23.9 Å². The zero-order valence-corrected chi connectivity index (χ0v) is 12.9. The van der Waals surface area contributed by atoms with Crippen molar-refractivity contribution >= 4 is 17.7 Å². The quantitative estimate of drug-likeness (QED) is 0.383. The van der Waals surface area contributed by atoms with Crippen molar-refractivity contribution in [2.24, 2.45) is 0 Å². The number of rotatable bonds is 4. The number of hydrogen-bond donors (Lipinski definition) is 1. The van der Waals surface area contributed by atoms with Crippen molar-refractivity contribution in [3.8, 4) is 11.5 Å². The molecule has 8 nitrogen and oxygen atoms in total. The monoisotopic (exact) mass is 338 g/mol. The molecule has 1 aromatic rings. The summed E-state index contributed by atoms with van der Waals surface area (Å²) >= 11 is 1.26. The average molecular weight is 338 g/mol. The van der Waals surface area contributed by atoms with Crippen molar-refractivity contribution in [2.45, 2.75) is 13.0 Å². The first-order valence-electron chi connectivity index (χ1n) is 6.96. The van der Waals surface area contributed by atoms with Gasteiger partial charge < -0.3 is 19.5 Å². The summed E-state index contributed by atoms with van der Waals surface area (Å²) in [6.07, 6.45) is 0.894. The van der Waals surface area contributed by atoms with E-state index in [-0.39, 0.29) is 18.4 Å². The van der Waals surface area contributed by atoms with Crippen LogP contribution in [0.15, 0.2) is 28.9 Å². The van der Waals surface area contributed by atoms with Gasteiger partial charge in [-0.3, -0.25) is 10.1 Å². The maximum absolute atomic E-state index is 12.1. The van der Waals surface area contributed by atoms with E-state index in [9.17, 15) is 14.9 Å². The molecule has 9 heteroatoms. The second-order valence-electron chi connectivity index (χ2n) is 4.83. The van der Waals surface area contributed by atoms with Crippen molar-refractivity contribution in [3.05, 3.63) is 44.6 Å². The van der Waals surface area contributed by atoms with Gasteiger partial charge in [0.25, 0.3) is 0 Å². The number of thioether (sulfide) groups is 1. The van der Waals surface area contributed by atoms with Gasteiger partial charge in [-0.1, -0.05) is 6.07 Å². The third-order valence-electron chi connectivity index (χ3n) is 3.25. The van der Waals surface area contributed by atoms with Crippen molar-refractivity contribution in [1.82, 2.24) is 5.32 Å². The van der Waals surface area contributed by atoms with Gasteiger partial charge in [0.1, 0.15) is 6.61 Å². The molecular weight excluding hydrogens is 324 g/mol. The van der Waals surface area contributed by atoms with E-state index in [0.717, 1.165) is 12.2 Å². The maximum atomic E-state index is 12.1. The number of carbonyl (C=O) groups is 1. The summed E-state index contributed by atoms with van der Waals surface area (Å²) in [5, 5.41) is 14.3. The predicted octanol–water partition coefficient (Wildman–Crippen LogP) is 1.63. The van der Waals surface area contributed by atoms with Gasteiger partial charge in [-0.25, -0.2) is 4.79 Å². The van der Waals surface area contributed by atoms with E-state index < -0.39 is 16.6 Å². The largest absolute Gasteiger partial charge is 0.454 e. The SMILES string of the molecule is O=C(OCc1ccc2c(c1)OCO2)/C(=C1\NCCCS1)[N+](=O)[O-]. The van der Waals surface area contributed by atoms with E-state index in [2.05, 4.69) is 5.32 Å². The number of benzene rings is 1. The first-order chi connectivity index (χ1) is 11.1. The molecule has 0 aromatic heterocycles. The highest BCUT2D eigenvalue weighted by atomic mass is 32.2. The minimum Gasteiger partial charge on any atom is -0.454 e. The number of hydrogen-bond acceptors (Lipinski definition) is 8. The lowest BCUT2D eigenvalue weighted by molar-refractivity contribution is -0.422. The first-order valence-corrected chi connectivity index (χ1v) is 7.94. The standard InChI is InChI=1S/C14H14N2O6S/c17-14(12(16(18)19)13-15-4-1-5-23-13)20-7-9-2-3-10-11(6-9)22-8-21-10/h2-3,6,15H,1,4-5,7-8H2/b13-12-. The molecule has 1 fully saturated rings. The Labute approximate surface area is 135 Å². The van der Waals surface area contributed by atoms with Gasteiger partial charge in [-0.15, -0.1) is 11.8 Å². The number of carbonyl (C=O) groups excluding carboxylic acids is 1. The van der Waals surface area contributed by atoms with E-state index >= 15 is 0 Å². The Hall–Kier alpha value is -2.42. The van der Waals surface area contributed by atoms with Crippen molar-refractivity contribution in [3.63, 3.8) is 0 Å². The second kappa shape index (κ2) is 6.78. The van der Waals surface area contributed by atoms with Gasteiger partial charge in [0, 0.05) is 12.3 Å². The lowest BCUT2D eigenvalue weighted by Crippen LogP contribution is -2.26. The Balaban J connectivity index is 1.69. The van der Waals surface area contributed by atoms with Crippen molar-refractivity contribution in [2.75, 3.05) is 19.1 Å². The van der Waals surface area contributed by atoms with Crippen LogP contribution in [0.1, 0.15) is 12.0 Å². The fourth-order valence-corrected chi connectivity index (χ4v) is 3.14. The molecule has 0 atom stereocenters. The first kappa shape index (κ1) is 15.5. The fraction of sp³-hybridized carbons (Fsp3) is 0.357. The van der Waals surface area contributed by atoms with Crippen molar-refractivity contribution in [1.29, 1.82) is 0 Å². The number of nitrogens with zero attached hydrogens (tertiary/aromatic N) is 1. The minimum absolute atomic E-state index is 0.0786. The van der Waals surface area contributed by atoms with Crippen LogP contribution >= 0.6 is 11.8 Å². The molecule has 122 valence electrons. The smallest absolute Gasteiger partial charge is 0.413 e. The van der Waals surface area contributed by atoms with Crippen LogP contribution in [0.2, 0.25) is 0 Å². The fourth-order valence-electron chi connectivity index (χ4n) is 2.15. The predicted molar refractivity (Wildman–Crippen MR) is 81.5 cm³/mol. The molecule has 1 saturated heterocycles. The normalized spacial score (nSPS) is 18.1. The Morgan fingerprint density at radius 1 is 1.39 bits per heavy atom. The Morgan fingerprint density at radius 3 is 2.96 bits per heavy atom. The third kappa shape index (κ3) is 3.50. The second-order valence-corrected chi connectivity index (χ2v) is 5.93. The van der Waals surface area contributed by atoms with Crippen LogP contribution in [0.4, 0.5) is 0 Å². The van der Waals surface area contributed by atoms with E-state index in [1.807, 2.05) is 0 Å². The molecule has 0 amide bonds. The van der Waals surface area contributed by atoms with Crippen LogP contribution in [-0.4, -0.2) is 30.0 Å². The molecule has 0 spiro atoms. The Morgan fingerprint density at radius 2 is 2.22 bits per heavy atom. The highest BCUT2D eigenvalue weighted by molar-refractivity contribution is 8.03. The molecular formula is C14H14N2O6S. The molecule has 23 heavy (non-hydrogen) atoms. The van der Waals surface area contributed by atoms with Crippen LogP contribution in [0.3, 0.4) is 0 Å². The molecule has 2 aliphatic heterocycles. The maximum Gasteiger partial charge on any atom is 0.413 e. The van der Waals surface area contributed by atoms with Crippen LogP contribution in [0, 0.1) is 10.1 Å². The molecule has 0 saturated carbocycles. The Kier molecular flexibility index (Phi) is 4.56. The molecule has 0 aliphatic carbocycles. The van der Waals surface area contributed by atoms with Crippen LogP contribution < -0.4 is 14.8 Å². The van der Waals surface area contributed by atoms with E-state index in [1.54, 1.807) is 18.2 Å². The summed E-state index contributed by atoms with van der Waals surface area (Å²) < 4.78 is 15.5. The van der Waals surface area contributed by atoms with Crippen LogP contribution in [0.5, 0.6) is 11.5 Å². The number of fused-ring (bicyclic) bond motifs is 1. The molecule has 2 heterocycles. The summed E-state index contributed by atoms with van der Waals surface area (Å²) in [4.78, 5) is 22.5. The van der Waals surface area contributed by atoms with Gasteiger partial charge in [-0.05, 0) is 24.1 Å². The molecule has 1 N–H and O–H groups in total. The lowest BCUT2D eigenvalue weighted by atomic mass is 10.2. The van der Waals surface area contributed by atoms with E-state index in [0.29, 0.717) is 23.6 Å². The Bertz CT molecular complexity index is 667. The van der Waals surface area contributed by atoms with Gasteiger partial charge in [0.05, 0.1) is 4.92 Å². The number of esters is 1. The molecule has 0 radical (unpaired) electrons. The van der Waals surface area contributed by atoms with Crippen LogP contribution in [-0.2, 0) is 16.1 Å². The van der Waals surface area contributed by atoms with Gasteiger partial charge in [0.2, 0.25) is 6.79 Å². The summed E-state index contributed by atoms with van der Waals surface area (Å²) in [5.74, 6) is 0.964. The third-order valence-corrected chi connectivity index (χ3v) is 4.37. The van der Waals surface area contributed by atoms with E-state index in [4.69, 9.17) is 14.2 Å². The molecule has 1 aromatic carbocycles. The highest BCUT2D eigenvalue weighted by Gasteiger charge is 2.31. The minimum atomic E-state index is -0.954. The summed E-state index contributed by atoms with van der Waals surface area (Å²) in [7, 11) is 0. The van der Waals surface area contributed by atoms with Crippen LogP contribution in [0.25, 0.3) is 0 Å². The molecule has 0 unspecified atom stereocenters. The van der Waals surface area contributed by atoms with Gasteiger partial charge >= 0.3 is 11.7 Å². The number of ether oxygens (including phenoxy) is 3. The van der Waals surface area contributed by atoms with Gasteiger partial charge in [0.15, 0.2) is 16.5 Å². The highest BCUT2D eigenvalue weighted by Crippen LogP contribution is 2.32. The zero-order chi connectivity index (χ0) is 16.2. The summed E-state index contributed by atoms with van der Waals surface area (Å²) in [5.41, 5.74) is 0.120. The molecule has 2 aliphatic rings. The number of nitrogens with one attached hydrogen (secondary N) is 1. The zero-order valence-electron chi connectivity index (χ0n) is 12.1. The molecule has 3 rings (SSSR count). The van der Waals surface area contributed by atoms with E-state index in [1.165, 1.54) is 11.8 Å². The average Bonchev–Trinajstić information content (AvgIpc) is 3.01. The molecule has 0 bridgehead atoms. The summed E-state index contributed by atoms with van der Waals surface area (Å²) in [6.45, 7) is 0.679. The lowest BCUT2D eigenvalue weighted by Gasteiger charge is -2.15.